The number of allylic oxidation sites excluding steroid dienone is 4. The molecule has 0 N–H and O–H groups in total. The SMILES string of the molecule is CCCC1CCCC(C(=O)C#C[C@H]2CC[C@@]3(C)C(=CC[C@@H]4[C@@H]3CC[C@]3(C)C(c5cccnc5)=CC[C@@H]43)C2)CC1. The number of Topliss-reactive ketones (excluding diaryl/α,β-unsaturated/α-hetero) is 1. The highest BCUT2D eigenvalue weighted by Gasteiger charge is 2.56. The van der Waals surface area contributed by atoms with Crippen LogP contribution in [0, 0.1) is 58.2 Å². The second kappa shape index (κ2) is 11.0. The van der Waals surface area contributed by atoms with Crippen LogP contribution >= 0.6 is 0 Å². The number of pyridine rings is 1. The van der Waals surface area contributed by atoms with Crippen molar-refractivity contribution in [1.29, 1.82) is 0 Å². The van der Waals surface area contributed by atoms with Gasteiger partial charge in [0.25, 0.3) is 0 Å². The first-order valence-corrected chi connectivity index (χ1v) is 16.3. The Kier molecular flexibility index (Phi) is 7.65. The molecular formula is C37H49NO. The van der Waals surface area contributed by atoms with Gasteiger partial charge in [-0.1, -0.05) is 76.2 Å². The van der Waals surface area contributed by atoms with Crippen molar-refractivity contribution in [2.45, 2.75) is 111 Å². The van der Waals surface area contributed by atoms with Crippen molar-refractivity contribution < 1.29 is 4.79 Å². The lowest BCUT2D eigenvalue weighted by atomic mass is 9.47. The van der Waals surface area contributed by atoms with Gasteiger partial charge in [-0.3, -0.25) is 9.78 Å². The van der Waals surface area contributed by atoms with Gasteiger partial charge < -0.3 is 0 Å². The van der Waals surface area contributed by atoms with Crippen LogP contribution in [0.2, 0.25) is 0 Å². The first-order chi connectivity index (χ1) is 18.9. The summed E-state index contributed by atoms with van der Waals surface area (Å²) >= 11 is 0. The Balaban J connectivity index is 1.12. The number of hydrogen-bond acceptors (Lipinski definition) is 2. The normalized spacial score (nSPS) is 39.6. The fraction of sp³-hybridized carbons (Fsp3) is 0.676. The summed E-state index contributed by atoms with van der Waals surface area (Å²) < 4.78 is 0. The number of fused-ring (bicyclic) bond motifs is 5. The topological polar surface area (TPSA) is 30.0 Å². The lowest BCUT2D eigenvalue weighted by Crippen LogP contribution is -2.49. The average Bonchev–Trinajstić information content (AvgIpc) is 3.13. The third-order valence-electron chi connectivity index (χ3n) is 12.2. The molecule has 0 radical (unpaired) electrons. The van der Waals surface area contributed by atoms with E-state index >= 15 is 0 Å². The molecule has 2 nitrogen and oxygen atoms in total. The molecule has 3 fully saturated rings. The number of rotatable bonds is 4. The molecule has 5 aliphatic rings. The Hall–Kier alpha value is -2.14. The minimum atomic E-state index is 0.191. The summed E-state index contributed by atoms with van der Waals surface area (Å²) in [4.78, 5) is 17.5. The largest absolute Gasteiger partial charge is 0.285 e. The van der Waals surface area contributed by atoms with Crippen LogP contribution in [0.1, 0.15) is 116 Å². The quantitative estimate of drug-likeness (QED) is 0.170. The van der Waals surface area contributed by atoms with Crippen LogP contribution < -0.4 is 0 Å². The summed E-state index contributed by atoms with van der Waals surface area (Å²) in [5.41, 5.74) is 5.15. The Bertz CT molecular complexity index is 1180. The Morgan fingerprint density at radius 1 is 1.00 bits per heavy atom. The molecule has 1 aromatic heterocycles. The molecule has 8 atom stereocenters. The van der Waals surface area contributed by atoms with E-state index in [0.717, 1.165) is 49.4 Å². The van der Waals surface area contributed by atoms with Gasteiger partial charge in [0.2, 0.25) is 5.78 Å². The van der Waals surface area contributed by atoms with Gasteiger partial charge >= 0.3 is 0 Å². The van der Waals surface area contributed by atoms with Gasteiger partial charge in [-0.2, -0.15) is 0 Å². The number of carbonyl (C=O) groups is 1. The van der Waals surface area contributed by atoms with E-state index in [1.54, 1.807) is 11.1 Å². The fourth-order valence-electron chi connectivity index (χ4n) is 9.93. The predicted octanol–water partition coefficient (Wildman–Crippen LogP) is 9.22. The van der Waals surface area contributed by atoms with Crippen molar-refractivity contribution in [2.75, 3.05) is 0 Å². The van der Waals surface area contributed by atoms with Crippen LogP contribution in [0.4, 0.5) is 0 Å². The molecule has 0 amide bonds. The van der Waals surface area contributed by atoms with E-state index < -0.39 is 0 Å². The van der Waals surface area contributed by atoms with Gasteiger partial charge in [-0.05, 0) is 122 Å². The molecule has 2 heteroatoms. The molecule has 3 saturated carbocycles. The first-order valence-electron chi connectivity index (χ1n) is 16.3. The van der Waals surface area contributed by atoms with Crippen molar-refractivity contribution in [3.63, 3.8) is 0 Å². The molecule has 6 rings (SSSR count). The molecule has 0 aliphatic heterocycles. The van der Waals surface area contributed by atoms with Crippen LogP contribution in [-0.2, 0) is 4.79 Å². The average molecular weight is 524 g/mol. The van der Waals surface area contributed by atoms with Gasteiger partial charge in [-0.25, -0.2) is 0 Å². The lowest BCUT2D eigenvalue weighted by Gasteiger charge is -2.57. The molecule has 0 saturated heterocycles. The fourth-order valence-corrected chi connectivity index (χ4v) is 9.93. The zero-order chi connectivity index (χ0) is 27.0. The van der Waals surface area contributed by atoms with Crippen LogP contribution in [0.15, 0.2) is 42.3 Å². The molecule has 1 aromatic rings. The number of hydrogen-bond donors (Lipinski definition) is 0. The van der Waals surface area contributed by atoms with E-state index in [0.29, 0.717) is 11.3 Å². The second-order valence-electron chi connectivity index (χ2n) is 14.2. The Morgan fingerprint density at radius 3 is 2.69 bits per heavy atom. The van der Waals surface area contributed by atoms with Crippen molar-refractivity contribution >= 4 is 11.4 Å². The monoisotopic (exact) mass is 523 g/mol. The van der Waals surface area contributed by atoms with Crippen LogP contribution in [0.5, 0.6) is 0 Å². The maximum Gasteiger partial charge on any atom is 0.208 e. The molecule has 5 aliphatic carbocycles. The van der Waals surface area contributed by atoms with E-state index in [1.807, 2.05) is 6.20 Å². The highest BCUT2D eigenvalue weighted by molar-refractivity contribution is 5.97. The number of aromatic nitrogens is 1. The van der Waals surface area contributed by atoms with Gasteiger partial charge in [0, 0.05) is 24.2 Å². The second-order valence-corrected chi connectivity index (χ2v) is 14.2. The van der Waals surface area contributed by atoms with Crippen LogP contribution in [0.25, 0.3) is 5.57 Å². The minimum Gasteiger partial charge on any atom is -0.285 e. The molecule has 2 unspecified atom stereocenters. The summed E-state index contributed by atoms with van der Waals surface area (Å²) in [5, 5.41) is 0. The summed E-state index contributed by atoms with van der Waals surface area (Å²) in [6.07, 6.45) is 26.1. The summed E-state index contributed by atoms with van der Waals surface area (Å²) in [5.74, 6) is 10.6. The molecule has 39 heavy (non-hydrogen) atoms. The summed E-state index contributed by atoms with van der Waals surface area (Å²) in [7, 11) is 0. The third-order valence-corrected chi connectivity index (χ3v) is 12.2. The van der Waals surface area contributed by atoms with E-state index in [2.05, 4.69) is 68.1 Å². The van der Waals surface area contributed by atoms with Gasteiger partial charge in [-0.15, -0.1) is 0 Å². The highest BCUT2D eigenvalue weighted by Crippen LogP contribution is 2.66. The highest BCUT2D eigenvalue weighted by atomic mass is 16.1. The minimum absolute atomic E-state index is 0.191. The van der Waals surface area contributed by atoms with Crippen LogP contribution in [-0.4, -0.2) is 10.8 Å². The van der Waals surface area contributed by atoms with Gasteiger partial charge in [0.15, 0.2) is 0 Å². The Morgan fingerprint density at radius 2 is 1.87 bits per heavy atom. The zero-order valence-electron chi connectivity index (χ0n) is 24.7. The summed E-state index contributed by atoms with van der Waals surface area (Å²) in [6.45, 7) is 7.41. The van der Waals surface area contributed by atoms with E-state index in [1.165, 1.54) is 69.8 Å². The van der Waals surface area contributed by atoms with Crippen molar-refractivity contribution in [1.82, 2.24) is 4.98 Å². The number of ketones is 1. The molecule has 208 valence electrons. The van der Waals surface area contributed by atoms with Gasteiger partial charge in [0.1, 0.15) is 0 Å². The smallest absolute Gasteiger partial charge is 0.208 e. The zero-order valence-corrected chi connectivity index (χ0v) is 24.7. The van der Waals surface area contributed by atoms with E-state index in [-0.39, 0.29) is 17.1 Å². The molecule has 0 aromatic carbocycles. The standard InChI is InChI=1S/C37H49NO/c1-4-7-26-8-5-9-28(13-11-26)35(39)18-12-27-19-21-36(2)30(24-27)14-15-31-33-17-16-32(29-10-6-23-38-25-29)37(33,3)22-20-34(31)36/h6,10,14,16,23,25-28,31,33-34H,4-5,7-9,11,13,15,17,19-22,24H2,1-3H3/t26?,27-,28?,31-,33-,34-,36-,37+/m0/s1. The maximum atomic E-state index is 13.1. The molecule has 1 heterocycles. The van der Waals surface area contributed by atoms with E-state index in [9.17, 15) is 4.79 Å². The summed E-state index contributed by atoms with van der Waals surface area (Å²) in [6, 6.07) is 4.34. The lowest BCUT2D eigenvalue weighted by molar-refractivity contribution is -0.117. The Labute approximate surface area is 237 Å². The maximum absolute atomic E-state index is 13.1. The first kappa shape index (κ1) is 27.1. The number of carbonyl (C=O) groups excluding carboxylic acids is 1. The van der Waals surface area contributed by atoms with E-state index in [4.69, 9.17) is 0 Å². The van der Waals surface area contributed by atoms with Crippen molar-refractivity contribution in [3.8, 4) is 11.8 Å². The molecule has 0 spiro atoms. The van der Waals surface area contributed by atoms with Crippen molar-refractivity contribution in [3.05, 3.63) is 47.8 Å². The molecule has 0 bridgehead atoms. The number of nitrogens with zero attached hydrogens (tertiary/aromatic N) is 1. The van der Waals surface area contributed by atoms with Gasteiger partial charge in [0.05, 0.1) is 0 Å². The molecular weight excluding hydrogens is 474 g/mol. The third kappa shape index (κ3) is 4.98. The predicted molar refractivity (Wildman–Crippen MR) is 161 cm³/mol. The van der Waals surface area contributed by atoms with Crippen molar-refractivity contribution in [2.24, 2.45) is 46.3 Å². The van der Waals surface area contributed by atoms with Crippen LogP contribution in [0.3, 0.4) is 0 Å².